The first-order chi connectivity index (χ1) is 16.7. The van der Waals surface area contributed by atoms with Crippen LogP contribution in [0.3, 0.4) is 0 Å². The molecule has 0 unspecified atom stereocenters. The van der Waals surface area contributed by atoms with Gasteiger partial charge in [-0.15, -0.1) is 34.0 Å². The Balaban J connectivity index is 1.24. The largest absolute Gasteiger partial charge is 0.241 e. The summed E-state index contributed by atoms with van der Waals surface area (Å²) in [6.45, 7) is 2.06. The Kier molecular flexibility index (Phi) is 5.63. The van der Waals surface area contributed by atoms with E-state index in [-0.39, 0.29) is 0 Å². The van der Waals surface area contributed by atoms with Gasteiger partial charge < -0.3 is 0 Å². The number of benzene rings is 3. The van der Waals surface area contributed by atoms with Gasteiger partial charge in [0.1, 0.15) is 15.0 Å². The lowest BCUT2D eigenvalue weighted by Crippen LogP contribution is -1.82. The molecular formula is C28H19N3S3. The Morgan fingerprint density at radius 2 is 1.00 bits per heavy atom. The molecule has 3 nitrogen and oxygen atoms in total. The third-order valence-electron chi connectivity index (χ3n) is 5.51. The molecule has 3 aromatic carbocycles. The maximum Gasteiger partial charge on any atom is 0.124 e. The average Bonchev–Trinajstić information content (AvgIpc) is 3.65. The lowest BCUT2D eigenvalue weighted by Gasteiger charge is -2.00. The highest BCUT2D eigenvalue weighted by atomic mass is 32.1. The van der Waals surface area contributed by atoms with Crippen molar-refractivity contribution >= 4 is 34.0 Å². The van der Waals surface area contributed by atoms with Crippen LogP contribution < -0.4 is 0 Å². The van der Waals surface area contributed by atoms with Gasteiger partial charge in [-0.2, -0.15) is 0 Å². The fraction of sp³-hybridized carbons (Fsp3) is 0.0357. The molecule has 0 amide bonds. The number of hydrogen-bond donors (Lipinski definition) is 0. The van der Waals surface area contributed by atoms with Gasteiger partial charge in [-0.05, 0) is 6.92 Å². The second-order valence-corrected chi connectivity index (χ2v) is 10.5. The quantitative estimate of drug-likeness (QED) is 0.241. The van der Waals surface area contributed by atoms with E-state index in [1.807, 2.05) is 36.4 Å². The van der Waals surface area contributed by atoms with Gasteiger partial charge in [-0.25, -0.2) is 15.0 Å². The Morgan fingerprint density at radius 1 is 0.500 bits per heavy atom. The molecule has 0 aliphatic heterocycles. The van der Waals surface area contributed by atoms with Gasteiger partial charge in [0.05, 0.1) is 22.0 Å². The Bertz CT molecular complexity index is 1550. The molecular weight excluding hydrogens is 475 g/mol. The third-order valence-corrected chi connectivity index (χ3v) is 8.52. The van der Waals surface area contributed by atoms with Crippen molar-refractivity contribution in [2.45, 2.75) is 6.92 Å². The standard InChI is InChI=1S/C28H19N3S3/c1-18-25(34-28(29-18)21-10-6-3-7-11-21)24-17-33-27(31-24)22-14-12-19(13-15-22)23-16-32-26(30-23)20-8-4-2-5-9-20/h2-17H,1H3. The van der Waals surface area contributed by atoms with Crippen molar-refractivity contribution in [3.05, 3.63) is 101 Å². The maximum atomic E-state index is 4.94. The summed E-state index contributed by atoms with van der Waals surface area (Å²) in [6.07, 6.45) is 0. The number of nitrogens with zero attached hydrogens (tertiary/aromatic N) is 3. The van der Waals surface area contributed by atoms with Crippen molar-refractivity contribution in [1.82, 2.24) is 15.0 Å². The van der Waals surface area contributed by atoms with Crippen LogP contribution in [0, 0.1) is 6.92 Å². The average molecular weight is 494 g/mol. The minimum atomic E-state index is 0.994. The lowest BCUT2D eigenvalue weighted by atomic mass is 10.1. The molecule has 0 atom stereocenters. The zero-order valence-corrected chi connectivity index (χ0v) is 20.8. The van der Waals surface area contributed by atoms with E-state index in [4.69, 9.17) is 15.0 Å². The van der Waals surface area contributed by atoms with Crippen molar-refractivity contribution < 1.29 is 0 Å². The van der Waals surface area contributed by atoms with Gasteiger partial charge in [0.15, 0.2) is 0 Å². The molecule has 164 valence electrons. The van der Waals surface area contributed by atoms with Crippen molar-refractivity contribution in [2.24, 2.45) is 0 Å². The summed E-state index contributed by atoms with van der Waals surface area (Å²) in [6, 6.07) is 29.2. The highest BCUT2D eigenvalue weighted by Gasteiger charge is 2.15. The van der Waals surface area contributed by atoms with E-state index in [2.05, 4.69) is 66.2 Å². The molecule has 0 fully saturated rings. The van der Waals surface area contributed by atoms with Gasteiger partial charge in [0.25, 0.3) is 0 Å². The fourth-order valence-electron chi connectivity index (χ4n) is 3.75. The molecule has 0 aliphatic rings. The number of rotatable bonds is 5. The molecule has 0 saturated carbocycles. The molecule has 6 heteroatoms. The zero-order chi connectivity index (χ0) is 22.9. The Labute approximate surface area is 210 Å². The minimum absolute atomic E-state index is 0.994. The fourth-order valence-corrected chi connectivity index (χ4v) is 6.51. The minimum Gasteiger partial charge on any atom is -0.241 e. The summed E-state index contributed by atoms with van der Waals surface area (Å²) in [5, 5.41) is 7.34. The first-order valence-corrected chi connectivity index (χ1v) is 13.4. The molecule has 0 spiro atoms. The molecule has 0 radical (unpaired) electrons. The van der Waals surface area contributed by atoms with Gasteiger partial charge in [0, 0.05) is 33.0 Å². The predicted molar refractivity (Wildman–Crippen MR) is 145 cm³/mol. The molecule has 0 aliphatic carbocycles. The van der Waals surface area contributed by atoms with Crippen molar-refractivity contribution in [3.63, 3.8) is 0 Å². The first-order valence-electron chi connectivity index (χ1n) is 10.8. The summed E-state index contributed by atoms with van der Waals surface area (Å²) in [5.41, 5.74) is 7.55. The number of aromatic nitrogens is 3. The van der Waals surface area contributed by atoms with Crippen LogP contribution in [-0.2, 0) is 0 Å². The van der Waals surface area contributed by atoms with E-state index in [1.54, 1.807) is 34.0 Å². The van der Waals surface area contributed by atoms with E-state index in [0.29, 0.717) is 0 Å². The summed E-state index contributed by atoms with van der Waals surface area (Å²) >= 11 is 5.04. The van der Waals surface area contributed by atoms with E-state index in [1.165, 1.54) is 0 Å². The van der Waals surface area contributed by atoms with E-state index in [9.17, 15) is 0 Å². The summed E-state index contributed by atoms with van der Waals surface area (Å²) in [5.74, 6) is 0. The van der Waals surface area contributed by atoms with E-state index >= 15 is 0 Å². The molecule has 6 rings (SSSR count). The maximum absolute atomic E-state index is 4.94. The van der Waals surface area contributed by atoms with Gasteiger partial charge in [0.2, 0.25) is 0 Å². The summed E-state index contributed by atoms with van der Waals surface area (Å²) in [4.78, 5) is 15.7. The SMILES string of the molecule is Cc1nc(-c2ccccc2)sc1-c1csc(-c2ccc(-c3csc(-c4ccccc4)n3)cc2)n1. The molecule has 0 N–H and O–H groups in total. The number of aryl methyl sites for hydroxylation is 1. The molecule has 6 aromatic rings. The van der Waals surface area contributed by atoms with Gasteiger partial charge >= 0.3 is 0 Å². The van der Waals surface area contributed by atoms with Crippen LogP contribution in [0.15, 0.2) is 95.7 Å². The van der Waals surface area contributed by atoms with Crippen molar-refractivity contribution in [3.8, 4) is 53.5 Å². The van der Waals surface area contributed by atoms with Crippen LogP contribution in [0.5, 0.6) is 0 Å². The molecule has 34 heavy (non-hydrogen) atoms. The molecule has 0 saturated heterocycles. The summed E-state index contributed by atoms with van der Waals surface area (Å²) in [7, 11) is 0. The monoisotopic (exact) mass is 493 g/mol. The highest BCUT2D eigenvalue weighted by molar-refractivity contribution is 7.19. The number of thiazole rings is 3. The zero-order valence-electron chi connectivity index (χ0n) is 18.3. The smallest absolute Gasteiger partial charge is 0.124 e. The van der Waals surface area contributed by atoms with E-state index < -0.39 is 0 Å². The second kappa shape index (κ2) is 9.06. The summed E-state index contributed by atoms with van der Waals surface area (Å²) < 4.78 is 0. The lowest BCUT2D eigenvalue weighted by molar-refractivity contribution is 1.26. The van der Waals surface area contributed by atoms with Crippen molar-refractivity contribution in [2.75, 3.05) is 0 Å². The molecule has 3 aromatic heterocycles. The normalized spacial score (nSPS) is 11.1. The predicted octanol–water partition coefficient (Wildman–Crippen LogP) is 8.70. The van der Waals surface area contributed by atoms with Crippen LogP contribution in [0.4, 0.5) is 0 Å². The Morgan fingerprint density at radius 3 is 1.65 bits per heavy atom. The Hall–Kier alpha value is -3.45. The van der Waals surface area contributed by atoms with Crippen LogP contribution in [-0.4, -0.2) is 15.0 Å². The topological polar surface area (TPSA) is 38.7 Å². The van der Waals surface area contributed by atoms with Crippen LogP contribution in [0.1, 0.15) is 5.69 Å². The van der Waals surface area contributed by atoms with Crippen LogP contribution >= 0.6 is 34.0 Å². The molecule has 3 heterocycles. The van der Waals surface area contributed by atoms with Gasteiger partial charge in [-0.3, -0.25) is 0 Å². The molecule has 0 bridgehead atoms. The number of hydrogen-bond acceptors (Lipinski definition) is 6. The second-order valence-electron chi connectivity index (χ2n) is 7.82. The van der Waals surface area contributed by atoms with Crippen LogP contribution in [0.25, 0.3) is 53.5 Å². The highest BCUT2D eigenvalue weighted by Crippen LogP contribution is 2.38. The van der Waals surface area contributed by atoms with Gasteiger partial charge in [-0.1, -0.05) is 84.9 Å². The first kappa shape index (κ1) is 21.1. The van der Waals surface area contributed by atoms with E-state index in [0.717, 1.165) is 59.2 Å². The van der Waals surface area contributed by atoms with Crippen molar-refractivity contribution in [1.29, 1.82) is 0 Å². The van der Waals surface area contributed by atoms with Crippen LogP contribution in [0.2, 0.25) is 0 Å². The third kappa shape index (κ3) is 4.12.